The first kappa shape index (κ1) is 17.7. The molecule has 128 valence electrons. The van der Waals surface area contributed by atoms with Crippen molar-refractivity contribution in [2.45, 2.75) is 52.1 Å². The van der Waals surface area contributed by atoms with E-state index in [0.717, 1.165) is 17.7 Å². The standard InChI is InChI=1S/C16H24N2O4S/c1-15(2,3)22-14(21)18-9-16(13(19)20,6-11-4-5-11)7-12-8-17-10-23-12/h8,10-11H,4-7,9H2,1-3H3,(H,18,21)(H,19,20). The second-order valence-electron chi connectivity index (χ2n) is 7.23. The molecular formula is C16H24N2O4S. The van der Waals surface area contributed by atoms with E-state index in [1.54, 1.807) is 32.5 Å². The molecule has 1 fully saturated rings. The lowest BCUT2D eigenvalue weighted by atomic mass is 9.79. The number of nitrogens with zero attached hydrogens (tertiary/aromatic N) is 1. The number of carbonyl (C=O) groups is 2. The minimum atomic E-state index is -1.01. The van der Waals surface area contributed by atoms with Gasteiger partial charge in [-0.2, -0.15) is 0 Å². The van der Waals surface area contributed by atoms with Crippen LogP contribution < -0.4 is 5.32 Å². The van der Waals surface area contributed by atoms with E-state index >= 15 is 0 Å². The first-order valence-corrected chi connectivity index (χ1v) is 8.66. The third-order valence-corrected chi connectivity index (χ3v) is 4.58. The maximum atomic E-state index is 12.0. The largest absolute Gasteiger partial charge is 0.481 e. The van der Waals surface area contributed by atoms with Crippen LogP contribution in [0.25, 0.3) is 0 Å². The zero-order chi connectivity index (χ0) is 17.1. The Morgan fingerprint density at radius 3 is 2.61 bits per heavy atom. The quantitative estimate of drug-likeness (QED) is 0.796. The summed E-state index contributed by atoms with van der Waals surface area (Å²) in [6.45, 7) is 5.39. The molecule has 2 N–H and O–H groups in total. The average Bonchev–Trinajstić information content (AvgIpc) is 3.07. The molecule has 1 aliphatic rings. The SMILES string of the molecule is CC(C)(C)OC(=O)NCC(Cc1cncs1)(CC1CC1)C(=O)O. The number of carboxylic acids is 1. The Morgan fingerprint density at radius 1 is 1.43 bits per heavy atom. The van der Waals surface area contributed by atoms with Crippen LogP contribution in [0, 0.1) is 11.3 Å². The predicted molar refractivity (Wildman–Crippen MR) is 87.5 cm³/mol. The van der Waals surface area contributed by atoms with Crippen LogP contribution >= 0.6 is 11.3 Å². The Morgan fingerprint density at radius 2 is 2.13 bits per heavy atom. The molecule has 0 bridgehead atoms. The Bertz CT molecular complexity index is 549. The minimum Gasteiger partial charge on any atom is -0.481 e. The van der Waals surface area contributed by atoms with Crippen molar-refractivity contribution >= 4 is 23.4 Å². The highest BCUT2D eigenvalue weighted by atomic mass is 32.1. The zero-order valence-electron chi connectivity index (χ0n) is 13.8. The van der Waals surface area contributed by atoms with E-state index in [-0.39, 0.29) is 6.54 Å². The number of aromatic nitrogens is 1. The summed E-state index contributed by atoms with van der Waals surface area (Å²) in [7, 11) is 0. The summed E-state index contributed by atoms with van der Waals surface area (Å²) >= 11 is 1.44. The third-order valence-electron chi connectivity index (χ3n) is 3.80. The van der Waals surface area contributed by atoms with Gasteiger partial charge in [-0.3, -0.25) is 9.78 Å². The smallest absolute Gasteiger partial charge is 0.407 e. The molecule has 1 heterocycles. The van der Waals surface area contributed by atoms with Crippen LogP contribution in [0.15, 0.2) is 11.7 Å². The lowest BCUT2D eigenvalue weighted by Gasteiger charge is -2.30. The summed E-state index contributed by atoms with van der Waals surface area (Å²) < 4.78 is 5.22. The van der Waals surface area contributed by atoms with Gasteiger partial charge in [0.15, 0.2) is 0 Å². The summed E-state index contributed by atoms with van der Waals surface area (Å²) in [5, 5.41) is 12.5. The van der Waals surface area contributed by atoms with Gasteiger partial charge in [0, 0.05) is 24.0 Å². The normalized spacial score (nSPS) is 17.3. The van der Waals surface area contributed by atoms with E-state index in [0.29, 0.717) is 18.8 Å². The number of nitrogens with one attached hydrogen (secondary N) is 1. The molecule has 1 unspecified atom stereocenters. The summed E-state index contributed by atoms with van der Waals surface area (Å²) in [4.78, 5) is 28.8. The summed E-state index contributed by atoms with van der Waals surface area (Å²) in [6.07, 6.45) is 4.18. The Balaban J connectivity index is 2.08. The molecule has 0 aromatic carbocycles. The average molecular weight is 340 g/mol. The van der Waals surface area contributed by atoms with Crippen molar-refractivity contribution in [1.29, 1.82) is 0 Å². The van der Waals surface area contributed by atoms with Gasteiger partial charge in [-0.15, -0.1) is 11.3 Å². The Labute approximate surface area is 140 Å². The van der Waals surface area contributed by atoms with Gasteiger partial charge >= 0.3 is 12.1 Å². The third kappa shape index (κ3) is 5.49. The van der Waals surface area contributed by atoms with Crippen molar-refractivity contribution in [1.82, 2.24) is 10.3 Å². The predicted octanol–water partition coefficient (Wildman–Crippen LogP) is 3.08. The highest BCUT2D eigenvalue weighted by molar-refractivity contribution is 7.09. The Kier molecular flexibility index (Phi) is 5.29. The molecular weight excluding hydrogens is 316 g/mol. The fourth-order valence-electron chi connectivity index (χ4n) is 2.54. The van der Waals surface area contributed by atoms with Crippen LogP contribution in [0.5, 0.6) is 0 Å². The number of carbonyl (C=O) groups excluding carboxylic acids is 1. The van der Waals surface area contributed by atoms with Gasteiger partial charge in [0.05, 0.1) is 10.9 Å². The van der Waals surface area contributed by atoms with Crippen molar-refractivity contribution in [2.75, 3.05) is 6.54 Å². The molecule has 2 rings (SSSR count). The van der Waals surface area contributed by atoms with Crippen LogP contribution in [-0.2, 0) is 16.0 Å². The van der Waals surface area contributed by atoms with Crippen LogP contribution in [0.1, 0.15) is 44.9 Å². The molecule has 7 heteroatoms. The topological polar surface area (TPSA) is 88.5 Å². The molecule has 0 radical (unpaired) electrons. The van der Waals surface area contributed by atoms with E-state index in [1.165, 1.54) is 11.3 Å². The number of alkyl carbamates (subject to hydrolysis) is 1. The maximum absolute atomic E-state index is 12.0. The van der Waals surface area contributed by atoms with Crippen LogP contribution in [0.3, 0.4) is 0 Å². The molecule has 1 aromatic heterocycles. The van der Waals surface area contributed by atoms with E-state index in [1.807, 2.05) is 0 Å². The molecule has 0 aliphatic heterocycles. The fourth-order valence-corrected chi connectivity index (χ4v) is 3.28. The van der Waals surface area contributed by atoms with Gasteiger partial charge in [-0.25, -0.2) is 4.79 Å². The number of hydrogen-bond acceptors (Lipinski definition) is 5. The summed E-state index contributed by atoms with van der Waals surface area (Å²) in [6, 6.07) is 0. The lowest BCUT2D eigenvalue weighted by Crippen LogP contribution is -2.46. The number of thiazole rings is 1. The van der Waals surface area contributed by atoms with Gasteiger partial charge in [0.2, 0.25) is 0 Å². The van der Waals surface area contributed by atoms with Crippen molar-refractivity contribution < 1.29 is 19.4 Å². The van der Waals surface area contributed by atoms with Gasteiger partial charge < -0.3 is 15.2 Å². The van der Waals surface area contributed by atoms with Crippen molar-refractivity contribution in [2.24, 2.45) is 11.3 Å². The number of hydrogen-bond donors (Lipinski definition) is 2. The second-order valence-corrected chi connectivity index (χ2v) is 8.20. The lowest BCUT2D eigenvalue weighted by molar-refractivity contribution is -0.149. The highest BCUT2D eigenvalue weighted by Gasteiger charge is 2.44. The molecule has 1 aromatic rings. The van der Waals surface area contributed by atoms with Gasteiger partial charge in [0.1, 0.15) is 5.60 Å². The number of amides is 1. The van der Waals surface area contributed by atoms with Crippen LogP contribution in [0.2, 0.25) is 0 Å². The zero-order valence-corrected chi connectivity index (χ0v) is 14.6. The monoisotopic (exact) mass is 340 g/mol. The maximum Gasteiger partial charge on any atom is 0.407 e. The molecule has 1 aliphatic carbocycles. The van der Waals surface area contributed by atoms with Gasteiger partial charge in [-0.05, 0) is 33.1 Å². The first-order chi connectivity index (χ1) is 10.7. The van der Waals surface area contributed by atoms with Gasteiger partial charge in [0.25, 0.3) is 0 Å². The molecule has 23 heavy (non-hydrogen) atoms. The summed E-state index contributed by atoms with van der Waals surface area (Å²) in [5.41, 5.74) is 0.0785. The second kappa shape index (κ2) is 6.86. The molecule has 0 saturated heterocycles. The van der Waals surface area contributed by atoms with E-state index < -0.39 is 23.1 Å². The molecule has 0 spiro atoms. The van der Waals surface area contributed by atoms with Gasteiger partial charge in [-0.1, -0.05) is 12.8 Å². The number of carboxylic acid groups (broad SMARTS) is 1. The van der Waals surface area contributed by atoms with E-state index in [2.05, 4.69) is 10.3 Å². The minimum absolute atomic E-state index is 0.0612. The molecule has 1 atom stereocenters. The first-order valence-electron chi connectivity index (χ1n) is 7.78. The number of aliphatic carboxylic acids is 1. The highest BCUT2D eigenvalue weighted by Crippen LogP contribution is 2.42. The van der Waals surface area contributed by atoms with Crippen LogP contribution in [-0.4, -0.2) is 34.3 Å². The molecule has 1 saturated carbocycles. The van der Waals surface area contributed by atoms with E-state index in [9.17, 15) is 14.7 Å². The molecule has 1 amide bonds. The summed E-state index contributed by atoms with van der Waals surface area (Å²) in [5.74, 6) is -0.451. The van der Waals surface area contributed by atoms with Crippen molar-refractivity contribution in [3.05, 3.63) is 16.6 Å². The molecule has 6 nitrogen and oxygen atoms in total. The number of rotatable bonds is 7. The van der Waals surface area contributed by atoms with Crippen LogP contribution in [0.4, 0.5) is 4.79 Å². The van der Waals surface area contributed by atoms with Crippen molar-refractivity contribution in [3.8, 4) is 0 Å². The van der Waals surface area contributed by atoms with Crippen molar-refractivity contribution in [3.63, 3.8) is 0 Å². The van der Waals surface area contributed by atoms with E-state index in [4.69, 9.17) is 4.74 Å². The fraction of sp³-hybridized carbons (Fsp3) is 0.688. The Hall–Kier alpha value is -1.63. The number of ether oxygens (including phenoxy) is 1.